The van der Waals surface area contributed by atoms with Crippen molar-refractivity contribution < 1.29 is 4.74 Å². The van der Waals surface area contributed by atoms with E-state index in [0.717, 1.165) is 32.4 Å². The minimum atomic E-state index is 0.426. The number of anilines is 1. The first-order chi connectivity index (χ1) is 16.7. The number of nitrogens with zero attached hydrogens (tertiary/aromatic N) is 5. The molecule has 0 bridgehead atoms. The van der Waals surface area contributed by atoms with Crippen molar-refractivity contribution in [3.8, 4) is 40.0 Å². The Morgan fingerprint density at radius 3 is 2.65 bits per heavy atom. The monoisotopic (exact) mass is 482 g/mol. The summed E-state index contributed by atoms with van der Waals surface area (Å²) in [6.07, 6.45) is 7.14. The fraction of sp³-hybridized carbons (Fsp3) is 0.0400. The molecule has 3 heterocycles. The average molecular weight is 483 g/mol. The summed E-state index contributed by atoms with van der Waals surface area (Å²) in [6.45, 7) is 0. The molecule has 0 atom stereocenters. The molecule has 7 nitrogen and oxygen atoms in total. The van der Waals surface area contributed by atoms with Gasteiger partial charge in [0.25, 0.3) is 0 Å². The van der Waals surface area contributed by atoms with Crippen molar-refractivity contribution in [2.75, 3.05) is 4.72 Å². The third kappa shape index (κ3) is 4.78. The van der Waals surface area contributed by atoms with Gasteiger partial charge in [-0.2, -0.15) is 10.4 Å². The highest BCUT2D eigenvalue weighted by Gasteiger charge is 2.15. The van der Waals surface area contributed by atoms with Crippen molar-refractivity contribution in [3.63, 3.8) is 0 Å². The number of thiazole rings is 1. The number of pyridine rings is 1. The predicted octanol–water partition coefficient (Wildman–Crippen LogP) is 6.39. The molecule has 0 spiro atoms. The van der Waals surface area contributed by atoms with Crippen molar-refractivity contribution in [3.05, 3.63) is 90.3 Å². The van der Waals surface area contributed by atoms with E-state index < -0.39 is 0 Å². The van der Waals surface area contributed by atoms with Crippen molar-refractivity contribution in [1.29, 1.82) is 5.26 Å². The average Bonchev–Trinajstić information content (AvgIpc) is 3.56. The van der Waals surface area contributed by atoms with Crippen molar-refractivity contribution in [2.24, 2.45) is 7.05 Å². The second kappa shape index (κ2) is 9.79. The third-order valence-corrected chi connectivity index (χ3v) is 6.54. The van der Waals surface area contributed by atoms with Gasteiger partial charge in [0.2, 0.25) is 0 Å². The predicted molar refractivity (Wildman–Crippen MR) is 135 cm³/mol. The lowest BCUT2D eigenvalue weighted by Gasteiger charge is -2.13. The van der Waals surface area contributed by atoms with Crippen LogP contribution >= 0.6 is 23.3 Å². The summed E-state index contributed by atoms with van der Waals surface area (Å²) in [5.74, 6) is 1.01. The number of ether oxygens (including phenoxy) is 1. The van der Waals surface area contributed by atoms with Gasteiger partial charge in [0.05, 0.1) is 23.7 Å². The molecule has 34 heavy (non-hydrogen) atoms. The van der Waals surface area contributed by atoms with Gasteiger partial charge in [0.1, 0.15) is 11.8 Å². The minimum absolute atomic E-state index is 0.426. The zero-order valence-corrected chi connectivity index (χ0v) is 19.7. The van der Waals surface area contributed by atoms with Crippen molar-refractivity contribution in [2.45, 2.75) is 4.90 Å². The summed E-state index contributed by atoms with van der Waals surface area (Å²) in [7, 11) is 1.87. The molecule has 0 saturated carbocycles. The number of rotatable bonds is 7. The van der Waals surface area contributed by atoms with E-state index in [4.69, 9.17) is 4.74 Å². The highest BCUT2D eigenvalue weighted by atomic mass is 32.2. The van der Waals surface area contributed by atoms with Gasteiger partial charge < -0.3 is 9.46 Å². The second-order valence-corrected chi connectivity index (χ2v) is 9.02. The van der Waals surface area contributed by atoms with Gasteiger partial charge in [-0.3, -0.25) is 9.67 Å². The Bertz CT molecular complexity index is 1460. The van der Waals surface area contributed by atoms with Crippen LogP contribution in [0, 0.1) is 11.3 Å². The first kappa shape index (κ1) is 21.7. The summed E-state index contributed by atoms with van der Waals surface area (Å²) in [4.78, 5) is 9.69. The summed E-state index contributed by atoms with van der Waals surface area (Å²) in [5, 5.41) is 16.8. The maximum Gasteiger partial charge on any atom is 0.192 e. The van der Waals surface area contributed by atoms with Crippen LogP contribution in [0.5, 0.6) is 11.5 Å². The number of nitrogens with one attached hydrogen (secondary N) is 1. The molecular weight excluding hydrogens is 464 g/mol. The van der Waals surface area contributed by atoms with Crippen LogP contribution in [0.4, 0.5) is 5.13 Å². The molecule has 0 aliphatic heterocycles. The van der Waals surface area contributed by atoms with Gasteiger partial charge in [0, 0.05) is 46.4 Å². The summed E-state index contributed by atoms with van der Waals surface area (Å²) in [5.41, 5.74) is 4.00. The van der Waals surface area contributed by atoms with Crippen LogP contribution in [-0.2, 0) is 7.05 Å². The highest BCUT2D eigenvalue weighted by molar-refractivity contribution is 8.00. The van der Waals surface area contributed by atoms with E-state index >= 15 is 0 Å². The minimum Gasteiger partial charge on any atom is -0.454 e. The molecule has 166 valence electrons. The Morgan fingerprint density at radius 2 is 1.91 bits per heavy atom. The Balaban J connectivity index is 1.47. The SMILES string of the molecule is Cn1cc(-c2cc(-c3ccccc3)ncc2Oc2ccc(SNc3nccs3)cc2C#N)cn1. The molecule has 5 aromatic rings. The van der Waals surface area contributed by atoms with Gasteiger partial charge in [0.15, 0.2) is 10.9 Å². The molecular formula is C25H18N6OS2. The van der Waals surface area contributed by atoms with E-state index in [9.17, 15) is 5.26 Å². The van der Waals surface area contributed by atoms with Gasteiger partial charge in [-0.1, -0.05) is 30.3 Å². The molecule has 0 fully saturated rings. The molecule has 1 N–H and O–H groups in total. The van der Waals surface area contributed by atoms with Gasteiger partial charge >= 0.3 is 0 Å². The van der Waals surface area contributed by atoms with Crippen LogP contribution in [0.2, 0.25) is 0 Å². The van der Waals surface area contributed by atoms with Crippen LogP contribution in [0.3, 0.4) is 0 Å². The summed E-state index contributed by atoms with van der Waals surface area (Å²) in [6, 6.07) is 19.7. The number of aromatic nitrogens is 4. The van der Waals surface area contributed by atoms with Crippen molar-refractivity contribution in [1.82, 2.24) is 19.7 Å². The quantitative estimate of drug-likeness (QED) is 0.269. The van der Waals surface area contributed by atoms with Crippen LogP contribution < -0.4 is 9.46 Å². The number of hydrogen-bond acceptors (Lipinski definition) is 8. The smallest absolute Gasteiger partial charge is 0.192 e. The molecule has 2 aromatic carbocycles. The van der Waals surface area contributed by atoms with Crippen molar-refractivity contribution >= 4 is 28.4 Å². The third-order valence-electron chi connectivity index (χ3n) is 4.93. The second-order valence-electron chi connectivity index (χ2n) is 7.25. The standard InChI is InChI=1S/C25H18N6OS2/c1-31-16-19(14-29-31)21-12-22(17-5-3-2-4-6-17)28-15-24(21)32-23-8-7-20(11-18(23)13-26)34-30-25-27-9-10-33-25/h2-12,14-16H,1H3,(H,27,30). The fourth-order valence-electron chi connectivity index (χ4n) is 3.32. The molecule has 0 radical (unpaired) electrons. The first-order valence-corrected chi connectivity index (χ1v) is 12.0. The van der Waals surface area contributed by atoms with E-state index in [2.05, 4.69) is 25.9 Å². The van der Waals surface area contributed by atoms with E-state index in [1.807, 2.05) is 61.1 Å². The number of nitriles is 1. The largest absolute Gasteiger partial charge is 0.454 e. The lowest BCUT2D eigenvalue weighted by molar-refractivity contribution is 0.480. The molecule has 0 aliphatic carbocycles. The number of benzene rings is 2. The molecule has 0 saturated heterocycles. The zero-order chi connectivity index (χ0) is 23.3. The van der Waals surface area contributed by atoms with Crippen LogP contribution in [0.15, 0.2) is 89.7 Å². The summed E-state index contributed by atoms with van der Waals surface area (Å²) >= 11 is 2.90. The fourth-order valence-corrected chi connectivity index (χ4v) is 4.58. The molecule has 3 aromatic heterocycles. The lowest BCUT2D eigenvalue weighted by atomic mass is 10.1. The Labute approximate surface area is 204 Å². The van der Waals surface area contributed by atoms with Crippen LogP contribution in [-0.4, -0.2) is 19.7 Å². The zero-order valence-electron chi connectivity index (χ0n) is 18.0. The Morgan fingerprint density at radius 1 is 1.03 bits per heavy atom. The van der Waals surface area contributed by atoms with E-state index in [1.54, 1.807) is 35.4 Å². The lowest BCUT2D eigenvalue weighted by Crippen LogP contribution is -1.95. The maximum atomic E-state index is 9.76. The normalized spacial score (nSPS) is 10.6. The van der Waals surface area contributed by atoms with Crippen LogP contribution in [0.1, 0.15) is 5.56 Å². The molecule has 0 unspecified atom stereocenters. The van der Waals surface area contributed by atoms with E-state index in [0.29, 0.717) is 17.1 Å². The molecule has 9 heteroatoms. The maximum absolute atomic E-state index is 9.76. The van der Waals surface area contributed by atoms with Gasteiger partial charge in [-0.25, -0.2) is 4.98 Å². The van der Waals surface area contributed by atoms with Gasteiger partial charge in [-0.05, 0) is 36.2 Å². The molecule has 5 rings (SSSR count). The summed E-state index contributed by atoms with van der Waals surface area (Å²) < 4.78 is 11.1. The molecule has 0 amide bonds. The number of aryl methyl sites for hydroxylation is 1. The van der Waals surface area contributed by atoms with E-state index in [-0.39, 0.29) is 0 Å². The first-order valence-electron chi connectivity index (χ1n) is 10.3. The van der Waals surface area contributed by atoms with Crippen LogP contribution in [0.25, 0.3) is 22.4 Å². The Hall–Kier alpha value is -4.13. The highest BCUT2D eigenvalue weighted by Crippen LogP contribution is 2.37. The Kier molecular flexibility index (Phi) is 6.25. The molecule has 0 aliphatic rings. The topological polar surface area (TPSA) is 88.6 Å². The number of hydrogen-bond donors (Lipinski definition) is 1. The van der Waals surface area contributed by atoms with Gasteiger partial charge in [-0.15, -0.1) is 11.3 Å². The van der Waals surface area contributed by atoms with E-state index in [1.165, 1.54) is 23.3 Å².